The molecule has 3 heterocycles. The maximum Gasteiger partial charge on any atom is 0.433 e. The van der Waals surface area contributed by atoms with Gasteiger partial charge < -0.3 is 0 Å². The van der Waals surface area contributed by atoms with E-state index >= 15 is 0 Å². The molecule has 134 valence electrons. The highest BCUT2D eigenvalue weighted by molar-refractivity contribution is 5.04. The summed E-state index contributed by atoms with van der Waals surface area (Å²) in [6.07, 6.45) is -0.228. The lowest BCUT2D eigenvalue weighted by Crippen LogP contribution is -2.36. The van der Waals surface area contributed by atoms with Crippen molar-refractivity contribution in [3.8, 4) is 0 Å². The van der Waals surface area contributed by atoms with Gasteiger partial charge in [-0.2, -0.15) is 23.4 Å². The molecule has 3 rings (SSSR count). The highest BCUT2D eigenvalue weighted by Gasteiger charge is 2.33. The smallest absolute Gasteiger partial charge is 0.299 e. The number of hydrogen-bond donors (Lipinski definition) is 0. The van der Waals surface area contributed by atoms with Crippen molar-refractivity contribution in [1.29, 1.82) is 0 Å². The molecule has 1 saturated heterocycles. The number of alkyl halides is 3. The molecule has 2 aromatic rings. The van der Waals surface area contributed by atoms with Crippen molar-refractivity contribution in [3.63, 3.8) is 0 Å². The average Bonchev–Trinajstić information content (AvgIpc) is 2.58. The third-order valence-corrected chi connectivity index (χ3v) is 4.35. The lowest BCUT2D eigenvalue weighted by molar-refractivity contribution is -0.141. The fraction of sp³-hybridized carbons (Fsp3) is 0.500. The number of nitrogens with zero attached hydrogens (tertiary/aromatic N) is 5. The summed E-state index contributed by atoms with van der Waals surface area (Å²) in [7, 11) is 0. The molecule has 9 heteroatoms. The van der Waals surface area contributed by atoms with Gasteiger partial charge in [0.25, 0.3) is 5.56 Å². The molecule has 1 fully saturated rings. The second kappa shape index (κ2) is 7.30. The van der Waals surface area contributed by atoms with Crippen molar-refractivity contribution in [2.45, 2.75) is 32.1 Å². The molecule has 0 unspecified atom stereocenters. The van der Waals surface area contributed by atoms with Crippen LogP contribution in [0.25, 0.3) is 0 Å². The maximum atomic E-state index is 12.6. The summed E-state index contributed by atoms with van der Waals surface area (Å²) in [6, 6.07) is 4.33. The van der Waals surface area contributed by atoms with Crippen LogP contribution in [0.15, 0.2) is 35.5 Å². The van der Waals surface area contributed by atoms with Crippen LogP contribution in [0.5, 0.6) is 0 Å². The molecule has 1 aliphatic rings. The van der Waals surface area contributed by atoms with Gasteiger partial charge in [0, 0.05) is 25.4 Å². The Morgan fingerprint density at radius 2 is 2.00 bits per heavy atom. The average molecular weight is 353 g/mol. The van der Waals surface area contributed by atoms with E-state index in [1.807, 2.05) is 12.1 Å². The van der Waals surface area contributed by atoms with Crippen LogP contribution in [-0.2, 0) is 19.3 Å². The van der Waals surface area contributed by atoms with Crippen LogP contribution in [0.2, 0.25) is 0 Å². The van der Waals surface area contributed by atoms with Crippen molar-refractivity contribution in [3.05, 3.63) is 52.5 Å². The van der Waals surface area contributed by atoms with Crippen molar-refractivity contribution < 1.29 is 13.2 Å². The molecule has 0 atom stereocenters. The quantitative estimate of drug-likeness (QED) is 0.841. The topological polar surface area (TPSA) is 63.9 Å². The molecule has 25 heavy (non-hydrogen) atoms. The Balaban J connectivity index is 1.55. The normalized spacial score (nSPS) is 16.9. The molecular weight excluding hydrogens is 335 g/mol. The standard InChI is InChI=1S/C16H18F3N5O/c17-16(18,19)14-8-15(25)24(11-20-14)9-12-3-6-23(7-4-12)10-13-2-1-5-21-22-13/h1-2,5,8,11-12H,3-4,6-7,9-10H2. The van der Waals surface area contributed by atoms with E-state index in [0.29, 0.717) is 12.6 Å². The Hall–Kier alpha value is -2.29. The van der Waals surface area contributed by atoms with Crippen LogP contribution >= 0.6 is 0 Å². The van der Waals surface area contributed by atoms with E-state index in [1.165, 1.54) is 4.57 Å². The molecule has 0 radical (unpaired) electrons. The third-order valence-electron chi connectivity index (χ3n) is 4.35. The fourth-order valence-electron chi connectivity index (χ4n) is 2.97. The molecule has 0 bridgehead atoms. The van der Waals surface area contributed by atoms with Crippen molar-refractivity contribution >= 4 is 0 Å². The number of aromatic nitrogens is 4. The second-order valence-corrected chi connectivity index (χ2v) is 6.20. The maximum absolute atomic E-state index is 12.6. The zero-order valence-corrected chi connectivity index (χ0v) is 13.5. The van der Waals surface area contributed by atoms with E-state index in [1.54, 1.807) is 6.20 Å². The summed E-state index contributed by atoms with van der Waals surface area (Å²) in [5, 5.41) is 7.92. The predicted octanol–water partition coefficient (Wildman–Crippen LogP) is 1.96. The largest absolute Gasteiger partial charge is 0.433 e. The van der Waals surface area contributed by atoms with Gasteiger partial charge in [-0.15, -0.1) is 0 Å². The zero-order valence-electron chi connectivity index (χ0n) is 13.5. The van der Waals surface area contributed by atoms with Crippen LogP contribution in [0.3, 0.4) is 0 Å². The number of likely N-dealkylation sites (tertiary alicyclic amines) is 1. The number of halogens is 3. The lowest BCUT2D eigenvalue weighted by atomic mass is 9.96. The third kappa shape index (κ3) is 4.62. The lowest BCUT2D eigenvalue weighted by Gasteiger charge is -2.31. The minimum Gasteiger partial charge on any atom is -0.299 e. The predicted molar refractivity (Wildman–Crippen MR) is 83.5 cm³/mol. The van der Waals surface area contributed by atoms with Gasteiger partial charge in [-0.25, -0.2) is 4.98 Å². The van der Waals surface area contributed by atoms with E-state index in [-0.39, 0.29) is 5.92 Å². The summed E-state index contributed by atoms with van der Waals surface area (Å²) < 4.78 is 38.9. The van der Waals surface area contributed by atoms with Gasteiger partial charge in [-0.3, -0.25) is 14.3 Å². The SMILES string of the molecule is O=c1cc(C(F)(F)F)ncn1CC1CCN(Cc2cccnn2)CC1. The van der Waals surface area contributed by atoms with E-state index in [0.717, 1.165) is 44.5 Å². The first-order valence-electron chi connectivity index (χ1n) is 8.04. The number of hydrogen-bond acceptors (Lipinski definition) is 5. The molecular formula is C16H18F3N5O. The van der Waals surface area contributed by atoms with Gasteiger partial charge in [0.15, 0.2) is 5.69 Å². The molecule has 0 aromatic carbocycles. The van der Waals surface area contributed by atoms with Crippen molar-refractivity contribution in [2.24, 2.45) is 5.92 Å². The Labute approximate surface area is 142 Å². The van der Waals surface area contributed by atoms with Crippen LogP contribution in [-0.4, -0.2) is 37.7 Å². The Bertz CT molecular complexity index is 754. The summed E-state index contributed by atoms with van der Waals surface area (Å²) in [4.78, 5) is 17.5. The van der Waals surface area contributed by atoms with Gasteiger partial charge in [0.2, 0.25) is 0 Å². The molecule has 2 aromatic heterocycles. The summed E-state index contributed by atoms with van der Waals surface area (Å²) in [5.74, 6) is 0.245. The first-order chi connectivity index (χ1) is 11.9. The minimum absolute atomic E-state index is 0.245. The Kier molecular flexibility index (Phi) is 5.12. The molecule has 0 N–H and O–H groups in total. The highest BCUT2D eigenvalue weighted by atomic mass is 19.4. The van der Waals surface area contributed by atoms with Crippen molar-refractivity contribution in [2.75, 3.05) is 13.1 Å². The van der Waals surface area contributed by atoms with Gasteiger partial charge >= 0.3 is 6.18 Å². The van der Waals surface area contributed by atoms with E-state index in [4.69, 9.17) is 0 Å². The zero-order chi connectivity index (χ0) is 17.9. The van der Waals surface area contributed by atoms with Gasteiger partial charge in [-0.05, 0) is 44.0 Å². The minimum atomic E-state index is -4.59. The van der Waals surface area contributed by atoms with E-state index < -0.39 is 17.4 Å². The first kappa shape index (κ1) is 17.5. The van der Waals surface area contributed by atoms with E-state index in [9.17, 15) is 18.0 Å². The van der Waals surface area contributed by atoms with Gasteiger partial charge in [-0.1, -0.05) is 0 Å². The first-order valence-corrected chi connectivity index (χ1v) is 8.04. The Morgan fingerprint density at radius 1 is 1.24 bits per heavy atom. The second-order valence-electron chi connectivity index (χ2n) is 6.20. The van der Waals surface area contributed by atoms with E-state index in [2.05, 4.69) is 20.1 Å². The number of piperidine rings is 1. The molecule has 6 nitrogen and oxygen atoms in total. The highest BCUT2D eigenvalue weighted by Crippen LogP contribution is 2.26. The fourth-order valence-corrected chi connectivity index (χ4v) is 2.97. The van der Waals surface area contributed by atoms with Crippen LogP contribution in [0.4, 0.5) is 13.2 Å². The monoisotopic (exact) mass is 353 g/mol. The summed E-state index contributed by atoms with van der Waals surface area (Å²) in [5.41, 5.74) is -0.902. The van der Waals surface area contributed by atoms with Crippen LogP contribution < -0.4 is 5.56 Å². The molecule has 1 aliphatic heterocycles. The van der Waals surface area contributed by atoms with Gasteiger partial charge in [0.1, 0.15) is 0 Å². The van der Waals surface area contributed by atoms with Gasteiger partial charge in [0.05, 0.1) is 12.0 Å². The van der Waals surface area contributed by atoms with Crippen molar-refractivity contribution in [1.82, 2.24) is 24.6 Å². The summed E-state index contributed by atoms with van der Waals surface area (Å²) >= 11 is 0. The van der Waals surface area contributed by atoms with Crippen LogP contribution in [0.1, 0.15) is 24.2 Å². The summed E-state index contributed by atoms with van der Waals surface area (Å²) in [6.45, 7) is 2.82. The Morgan fingerprint density at radius 3 is 2.60 bits per heavy atom. The number of rotatable bonds is 4. The molecule has 0 amide bonds. The molecule has 0 spiro atoms. The molecule has 0 saturated carbocycles. The van der Waals surface area contributed by atoms with Crippen LogP contribution in [0, 0.1) is 5.92 Å². The molecule has 0 aliphatic carbocycles.